The number of aromatic carboxylic acids is 2. The lowest BCUT2D eigenvalue weighted by Gasteiger charge is -2.11. The minimum absolute atomic E-state index is 0.190. The number of hydrogen-bond acceptors (Lipinski definition) is 4. The van der Waals surface area contributed by atoms with Gasteiger partial charge in [0.1, 0.15) is 11.3 Å². The molecule has 0 spiro atoms. The standard InChI is InChI=1S/C12H10ClNO.C8H6O4/c13-12-10(7-4-8-14-12)11(15)9-5-2-1-3-6-9;9-7(10)5-3-1-2-4-6(5)8(11)12/h1-8,11,15H;1-4H,(H,9,10)(H,11,12). The number of halogens is 1. The number of carboxylic acid groups (broad SMARTS) is 2. The van der Waals surface area contributed by atoms with E-state index in [9.17, 15) is 14.7 Å². The molecule has 0 aliphatic rings. The largest absolute Gasteiger partial charge is 0.478 e. The Morgan fingerprint density at radius 1 is 0.815 bits per heavy atom. The van der Waals surface area contributed by atoms with Crippen molar-refractivity contribution in [1.29, 1.82) is 0 Å². The molecule has 0 aliphatic heterocycles. The highest BCUT2D eigenvalue weighted by molar-refractivity contribution is 6.30. The number of carboxylic acids is 2. The molecule has 0 saturated carbocycles. The van der Waals surface area contributed by atoms with Crippen molar-refractivity contribution in [2.24, 2.45) is 0 Å². The minimum atomic E-state index is -1.23. The predicted octanol–water partition coefficient (Wildman–Crippen LogP) is 3.90. The van der Waals surface area contributed by atoms with Crippen LogP contribution in [0.25, 0.3) is 0 Å². The Balaban J connectivity index is 0.000000199. The SMILES string of the molecule is O=C(O)c1ccccc1C(=O)O.OC(c1ccccc1)c1cccnc1Cl. The van der Waals surface area contributed by atoms with E-state index in [0.29, 0.717) is 10.7 Å². The minimum Gasteiger partial charge on any atom is -0.478 e. The summed E-state index contributed by atoms with van der Waals surface area (Å²) in [4.78, 5) is 24.9. The molecule has 2 aromatic carbocycles. The van der Waals surface area contributed by atoms with E-state index in [1.807, 2.05) is 30.3 Å². The number of hydrogen-bond donors (Lipinski definition) is 3. The molecule has 0 amide bonds. The van der Waals surface area contributed by atoms with Gasteiger partial charge in [-0.3, -0.25) is 0 Å². The molecule has 7 heteroatoms. The van der Waals surface area contributed by atoms with Crippen molar-refractivity contribution in [3.8, 4) is 0 Å². The van der Waals surface area contributed by atoms with Gasteiger partial charge >= 0.3 is 11.9 Å². The normalized spacial score (nSPS) is 11.0. The fourth-order valence-electron chi connectivity index (χ4n) is 2.27. The van der Waals surface area contributed by atoms with Gasteiger partial charge in [-0.15, -0.1) is 0 Å². The first-order valence-corrected chi connectivity index (χ1v) is 8.18. The number of aliphatic hydroxyl groups is 1. The van der Waals surface area contributed by atoms with E-state index in [1.165, 1.54) is 24.3 Å². The number of rotatable bonds is 4. The summed E-state index contributed by atoms with van der Waals surface area (Å²) in [6.45, 7) is 0. The molecule has 0 bridgehead atoms. The van der Waals surface area contributed by atoms with Gasteiger partial charge in [-0.25, -0.2) is 14.6 Å². The van der Waals surface area contributed by atoms with Gasteiger partial charge in [-0.1, -0.05) is 60.1 Å². The second kappa shape index (κ2) is 9.47. The van der Waals surface area contributed by atoms with Crippen LogP contribution in [-0.2, 0) is 0 Å². The molecule has 6 nitrogen and oxygen atoms in total. The zero-order valence-corrected chi connectivity index (χ0v) is 14.7. The smallest absolute Gasteiger partial charge is 0.336 e. The van der Waals surface area contributed by atoms with Crippen molar-refractivity contribution < 1.29 is 24.9 Å². The highest BCUT2D eigenvalue weighted by Crippen LogP contribution is 2.25. The van der Waals surface area contributed by atoms with Crippen LogP contribution in [0.1, 0.15) is 37.9 Å². The van der Waals surface area contributed by atoms with Crippen LogP contribution in [0.3, 0.4) is 0 Å². The first kappa shape index (κ1) is 20.1. The molecule has 3 aromatic rings. The van der Waals surface area contributed by atoms with Crippen molar-refractivity contribution >= 4 is 23.5 Å². The molecular formula is C20H16ClNO5. The van der Waals surface area contributed by atoms with E-state index in [4.69, 9.17) is 21.8 Å². The highest BCUT2D eigenvalue weighted by atomic mass is 35.5. The lowest BCUT2D eigenvalue weighted by molar-refractivity contribution is 0.0651. The fourth-order valence-corrected chi connectivity index (χ4v) is 2.50. The monoisotopic (exact) mass is 385 g/mol. The number of pyridine rings is 1. The predicted molar refractivity (Wildman–Crippen MR) is 100 cm³/mol. The summed E-state index contributed by atoms with van der Waals surface area (Å²) in [5.41, 5.74) is 1.06. The Morgan fingerprint density at radius 2 is 1.33 bits per heavy atom. The van der Waals surface area contributed by atoms with E-state index >= 15 is 0 Å². The Hall–Kier alpha value is -3.22. The molecule has 1 heterocycles. The van der Waals surface area contributed by atoms with Gasteiger partial charge in [0, 0.05) is 11.8 Å². The number of carbonyl (C=O) groups is 2. The summed E-state index contributed by atoms with van der Waals surface area (Å²) in [6.07, 6.45) is 0.885. The van der Waals surface area contributed by atoms with E-state index in [1.54, 1.807) is 18.3 Å². The third-order valence-electron chi connectivity index (χ3n) is 3.59. The first-order chi connectivity index (χ1) is 12.9. The molecule has 1 unspecified atom stereocenters. The summed E-state index contributed by atoms with van der Waals surface area (Å²) >= 11 is 5.90. The molecule has 0 radical (unpaired) electrons. The van der Waals surface area contributed by atoms with Crippen molar-refractivity contribution in [3.63, 3.8) is 0 Å². The average molecular weight is 386 g/mol. The second-order valence-electron chi connectivity index (χ2n) is 5.35. The van der Waals surface area contributed by atoms with Crippen LogP contribution >= 0.6 is 11.6 Å². The molecule has 0 saturated heterocycles. The number of benzene rings is 2. The second-order valence-corrected chi connectivity index (χ2v) is 5.71. The maximum atomic E-state index is 10.5. The molecule has 0 aliphatic carbocycles. The van der Waals surface area contributed by atoms with Crippen LogP contribution in [-0.4, -0.2) is 32.2 Å². The zero-order chi connectivity index (χ0) is 19.8. The summed E-state index contributed by atoms with van der Waals surface area (Å²) < 4.78 is 0. The van der Waals surface area contributed by atoms with Gasteiger partial charge in [0.15, 0.2) is 0 Å². The quantitative estimate of drug-likeness (QED) is 0.588. The van der Waals surface area contributed by atoms with Gasteiger partial charge in [0.05, 0.1) is 11.1 Å². The van der Waals surface area contributed by atoms with Crippen molar-refractivity contribution in [3.05, 3.63) is 100 Å². The summed E-state index contributed by atoms with van der Waals surface area (Å²) in [5, 5.41) is 27.5. The molecule has 1 atom stereocenters. The fraction of sp³-hybridized carbons (Fsp3) is 0.0500. The third kappa shape index (κ3) is 5.37. The molecule has 0 fully saturated rings. The zero-order valence-electron chi connectivity index (χ0n) is 14.0. The van der Waals surface area contributed by atoms with E-state index in [0.717, 1.165) is 5.56 Å². The summed E-state index contributed by atoms with van der Waals surface area (Å²) in [6, 6.07) is 18.4. The Labute approximate surface area is 160 Å². The lowest BCUT2D eigenvalue weighted by Crippen LogP contribution is -2.06. The van der Waals surface area contributed by atoms with Gasteiger partial charge in [-0.05, 0) is 23.8 Å². The third-order valence-corrected chi connectivity index (χ3v) is 3.90. The molecule has 3 N–H and O–H groups in total. The topological polar surface area (TPSA) is 108 Å². The summed E-state index contributed by atoms with van der Waals surface area (Å²) in [5.74, 6) is -2.46. The van der Waals surface area contributed by atoms with Gasteiger partial charge < -0.3 is 15.3 Å². The Kier molecular flexibility index (Phi) is 7.05. The number of nitrogens with zero attached hydrogens (tertiary/aromatic N) is 1. The van der Waals surface area contributed by atoms with Crippen LogP contribution in [0.2, 0.25) is 5.15 Å². The van der Waals surface area contributed by atoms with Gasteiger partial charge in [0.2, 0.25) is 0 Å². The van der Waals surface area contributed by atoms with Gasteiger partial charge in [0.25, 0.3) is 0 Å². The number of aliphatic hydroxyl groups excluding tert-OH is 1. The molecule has 138 valence electrons. The van der Waals surface area contributed by atoms with Crippen LogP contribution in [0.4, 0.5) is 0 Å². The van der Waals surface area contributed by atoms with Crippen molar-refractivity contribution in [2.75, 3.05) is 0 Å². The average Bonchev–Trinajstić information content (AvgIpc) is 2.69. The van der Waals surface area contributed by atoms with Crippen LogP contribution < -0.4 is 0 Å². The molecular weight excluding hydrogens is 370 g/mol. The summed E-state index contributed by atoms with van der Waals surface area (Å²) in [7, 11) is 0. The highest BCUT2D eigenvalue weighted by Gasteiger charge is 2.14. The van der Waals surface area contributed by atoms with E-state index < -0.39 is 18.0 Å². The van der Waals surface area contributed by atoms with E-state index in [2.05, 4.69) is 4.98 Å². The lowest BCUT2D eigenvalue weighted by atomic mass is 10.0. The molecule has 27 heavy (non-hydrogen) atoms. The van der Waals surface area contributed by atoms with Crippen LogP contribution in [0.15, 0.2) is 72.9 Å². The maximum Gasteiger partial charge on any atom is 0.336 e. The first-order valence-electron chi connectivity index (χ1n) is 7.81. The Morgan fingerprint density at radius 3 is 1.81 bits per heavy atom. The van der Waals surface area contributed by atoms with Crippen LogP contribution in [0, 0.1) is 0 Å². The van der Waals surface area contributed by atoms with Crippen LogP contribution in [0.5, 0.6) is 0 Å². The molecule has 3 rings (SSSR count). The Bertz CT molecular complexity index is 897. The maximum absolute atomic E-state index is 10.5. The van der Waals surface area contributed by atoms with Crippen molar-refractivity contribution in [2.45, 2.75) is 6.10 Å². The number of aromatic nitrogens is 1. The van der Waals surface area contributed by atoms with E-state index in [-0.39, 0.29) is 11.1 Å². The van der Waals surface area contributed by atoms with Gasteiger partial charge in [-0.2, -0.15) is 0 Å². The van der Waals surface area contributed by atoms with Crippen molar-refractivity contribution in [1.82, 2.24) is 4.98 Å². The molecule has 1 aromatic heterocycles.